The first-order valence-corrected chi connectivity index (χ1v) is 14.1. The summed E-state index contributed by atoms with van der Waals surface area (Å²) < 4.78 is 7.91. The fourth-order valence-electron chi connectivity index (χ4n) is 5.67. The third-order valence-corrected chi connectivity index (χ3v) is 7.33. The molecule has 1 aliphatic rings. The fraction of sp³-hybridized carbons (Fsp3) is 0.375. The second kappa shape index (κ2) is 11.3. The number of anilines is 1. The van der Waals surface area contributed by atoms with Gasteiger partial charge in [0.15, 0.2) is 5.65 Å². The van der Waals surface area contributed by atoms with Crippen molar-refractivity contribution in [2.24, 2.45) is 0 Å². The van der Waals surface area contributed by atoms with Crippen LogP contribution in [0.25, 0.3) is 33.8 Å². The van der Waals surface area contributed by atoms with Crippen LogP contribution in [0.1, 0.15) is 47.2 Å². The van der Waals surface area contributed by atoms with Crippen LogP contribution in [0.5, 0.6) is 0 Å². The molecule has 214 valence electrons. The van der Waals surface area contributed by atoms with Crippen molar-refractivity contribution in [1.82, 2.24) is 29.3 Å². The lowest BCUT2D eigenvalue weighted by Gasteiger charge is -2.47. The highest BCUT2D eigenvalue weighted by atomic mass is 16.6. The number of amides is 1. The van der Waals surface area contributed by atoms with Gasteiger partial charge >= 0.3 is 6.09 Å². The van der Waals surface area contributed by atoms with E-state index in [0.717, 1.165) is 28.0 Å². The molecular weight excluding hydrogens is 514 g/mol. The van der Waals surface area contributed by atoms with Gasteiger partial charge in [-0.05, 0) is 65.3 Å². The minimum Gasteiger partial charge on any atom is -0.444 e. The van der Waals surface area contributed by atoms with Crippen LogP contribution in [0.3, 0.4) is 0 Å². The number of nitrogen functional groups attached to an aromatic ring is 1. The lowest BCUT2D eigenvalue weighted by Crippen LogP contribution is -2.60. The first-order valence-electron chi connectivity index (χ1n) is 14.1. The number of nitrogens with zero attached hydrogens (tertiary/aromatic N) is 6. The van der Waals surface area contributed by atoms with Gasteiger partial charge < -0.3 is 15.4 Å². The monoisotopic (exact) mass is 553 g/mol. The summed E-state index contributed by atoms with van der Waals surface area (Å²) >= 11 is 0. The molecule has 1 aromatic carbocycles. The zero-order valence-corrected chi connectivity index (χ0v) is 24.5. The number of pyridine rings is 2. The number of ether oxygens (including phenoxy) is 1. The normalized spacial score (nSPS) is 18.8. The lowest BCUT2D eigenvalue weighted by molar-refractivity contribution is -0.0295. The number of hydrogen-bond acceptors (Lipinski definition) is 7. The van der Waals surface area contributed by atoms with E-state index in [9.17, 15) is 4.79 Å². The van der Waals surface area contributed by atoms with Crippen LogP contribution in [-0.2, 0) is 4.74 Å². The molecule has 4 heterocycles. The Bertz CT molecular complexity index is 1530. The second-order valence-corrected chi connectivity index (χ2v) is 11.7. The van der Waals surface area contributed by atoms with E-state index in [0.29, 0.717) is 31.2 Å². The van der Waals surface area contributed by atoms with Crippen molar-refractivity contribution in [2.45, 2.75) is 64.9 Å². The van der Waals surface area contributed by atoms with Crippen molar-refractivity contribution >= 4 is 23.1 Å². The molecule has 0 aliphatic carbocycles. The minimum atomic E-state index is -0.560. The van der Waals surface area contributed by atoms with Crippen molar-refractivity contribution in [2.75, 3.05) is 18.8 Å². The number of imidazole rings is 1. The van der Waals surface area contributed by atoms with Crippen molar-refractivity contribution in [3.63, 3.8) is 0 Å². The zero-order chi connectivity index (χ0) is 29.3. The molecule has 5 rings (SSSR count). The maximum absolute atomic E-state index is 13.1. The van der Waals surface area contributed by atoms with E-state index in [1.165, 1.54) is 0 Å². The number of hydrogen-bond donors (Lipinski definition) is 1. The quantitative estimate of drug-likeness (QED) is 0.286. The van der Waals surface area contributed by atoms with E-state index in [1.807, 2.05) is 74.2 Å². The van der Waals surface area contributed by atoms with Gasteiger partial charge in [-0.1, -0.05) is 36.4 Å². The summed E-state index contributed by atoms with van der Waals surface area (Å²) in [6.07, 6.45) is 3.78. The van der Waals surface area contributed by atoms with Crippen molar-refractivity contribution in [1.29, 1.82) is 0 Å². The summed E-state index contributed by atoms with van der Waals surface area (Å²) in [5.41, 5.74) is 9.98. The molecule has 3 atom stereocenters. The topological polar surface area (TPSA) is 102 Å². The molecule has 0 radical (unpaired) electrons. The second-order valence-electron chi connectivity index (χ2n) is 11.7. The summed E-state index contributed by atoms with van der Waals surface area (Å²) in [5, 5.41) is 0. The van der Waals surface area contributed by atoms with Gasteiger partial charge in [0, 0.05) is 36.9 Å². The average molecular weight is 554 g/mol. The predicted octanol–water partition coefficient (Wildman–Crippen LogP) is 6.15. The van der Waals surface area contributed by atoms with Crippen molar-refractivity contribution in [3.8, 4) is 22.6 Å². The summed E-state index contributed by atoms with van der Waals surface area (Å²) in [4.78, 5) is 31.9. The Balaban J connectivity index is 1.62. The van der Waals surface area contributed by atoms with E-state index >= 15 is 0 Å². The average Bonchev–Trinajstić information content (AvgIpc) is 3.29. The Labute approximate surface area is 241 Å². The molecule has 41 heavy (non-hydrogen) atoms. The van der Waals surface area contributed by atoms with Crippen LogP contribution in [0.4, 0.5) is 10.6 Å². The van der Waals surface area contributed by atoms with Gasteiger partial charge in [0.25, 0.3) is 0 Å². The Morgan fingerprint density at radius 1 is 1.07 bits per heavy atom. The Kier molecular flexibility index (Phi) is 7.82. The number of fused-ring (bicyclic) bond motifs is 1. The Morgan fingerprint density at radius 2 is 1.78 bits per heavy atom. The Hall–Kier alpha value is -4.24. The molecule has 1 aliphatic heterocycles. The molecule has 1 saturated heterocycles. The fourth-order valence-corrected chi connectivity index (χ4v) is 5.67. The van der Waals surface area contributed by atoms with E-state index in [2.05, 4.69) is 47.0 Å². The van der Waals surface area contributed by atoms with E-state index in [4.69, 9.17) is 20.4 Å². The highest BCUT2D eigenvalue weighted by Gasteiger charge is 2.39. The van der Waals surface area contributed by atoms with Gasteiger partial charge in [0.1, 0.15) is 22.8 Å². The predicted molar refractivity (Wildman–Crippen MR) is 163 cm³/mol. The smallest absolute Gasteiger partial charge is 0.410 e. The molecule has 9 heteroatoms. The molecule has 0 bridgehead atoms. The third-order valence-electron chi connectivity index (χ3n) is 7.33. The highest BCUT2D eigenvalue weighted by molar-refractivity contribution is 5.82. The number of carbonyl (C=O) groups excluding carboxylic acids is 1. The van der Waals surface area contributed by atoms with Crippen LogP contribution in [0.15, 0.2) is 73.4 Å². The van der Waals surface area contributed by atoms with Crippen molar-refractivity contribution < 1.29 is 9.53 Å². The number of aromatic nitrogens is 4. The summed E-state index contributed by atoms with van der Waals surface area (Å²) in [6, 6.07) is 17.8. The van der Waals surface area contributed by atoms with Gasteiger partial charge in [-0.25, -0.2) is 19.7 Å². The van der Waals surface area contributed by atoms with Gasteiger partial charge in [0.2, 0.25) is 0 Å². The van der Waals surface area contributed by atoms with Crippen LogP contribution in [-0.4, -0.2) is 66.2 Å². The first kappa shape index (κ1) is 28.3. The number of benzene rings is 1. The van der Waals surface area contributed by atoms with Crippen LogP contribution in [0, 0.1) is 0 Å². The van der Waals surface area contributed by atoms with E-state index in [1.54, 1.807) is 6.20 Å². The number of piperazine rings is 1. The van der Waals surface area contributed by atoms with Crippen LogP contribution in [0.2, 0.25) is 0 Å². The summed E-state index contributed by atoms with van der Waals surface area (Å²) in [7, 11) is 0. The van der Waals surface area contributed by atoms with E-state index in [-0.39, 0.29) is 24.3 Å². The van der Waals surface area contributed by atoms with Gasteiger partial charge in [-0.3, -0.25) is 9.47 Å². The SMILES string of the molecule is C=CCC(N1C[C@@H](C)N(C(=O)OC(C)(C)C)[C@H](C)C1)n1c(-c2cccnc2N)nc2ccc(-c3ccccc3)nc21. The molecule has 9 nitrogen and oxygen atoms in total. The molecule has 1 fully saturated rings. The molecule has 0 saturated carbocycles. The summed E-state index contributed by atoms with van der Waals surface area (Å²) in [5.74, 6) is 1.10. The number of rotatable bonds is 6. The minimum absolute atomic E-state index is 0.0737. The van der Waals surface area contributed by atoms with Crippen molar-refractivity contribution in [3.05, 3.63) is 73.4 Å². The maximum Gasteiger partial charge on any atom is 0.410 e. The third kappa shape index (κ3) is 5.81. The molecule has 1 unspecified atom stereocenters. The number of carbonyl (C=O) groups is 1. The zero-order valence-electron chi connectivity index (χ0n) is 24.5. The molecule has 3 aromatic heterocycles. The largest absolute Gasteiger partial charge is 0.444 e. The Morgan fingerprint density at radius 3 is 2.41 bits per heavy atom. The molecule has 4 aromatic rings. The standard InChI is InChI=1S/C32H39N7O2/c1-7-12-27(37-19-21(2)38(22(3)20-37)31(40)41-32(4,5)6)39-29(24-15-11-18-34-28(24)33)36-26-17-16-25(35-30(26)39)23-13-9-8-10-14-23/h7-11,13-18,21-22,27H,1,12,19-20H2,2-6H3,(H2,33,34)/t21-,22-,27?/m1/s1. The molecule has 2 N–H and O–H groups in total. The first-order chi connectivity index (χ1) is 19.6. The van der Waals surface area contributed by atoms with Gasteiger partial charge in [0.05, 0.1) is 17.4 Å². The maximum atomic E-state index is 13.1. The van der Waals surface area contributed by atoms with Gasteiger partial charge in [-0.2, -0.15) is 0 Å². The van der Waals surface area contributed by atoms with Crippen LogP contribution < -0.4 is 5.73 Å². The lowest BCUT2D eigenvalue weighted by atomic mass is 10.1. The molecule has 0 spiro atoms. The molecular formula is C32H39N7O2. The van der Waals surface area contributed by atoms with Gasteiger partial charge in [-0.15, -0.1) is 6.58 Å². The highest BCUT2D eigenvalue weighted by Crippen LogP contribution is 2.36. The van der Waals surface area contributed by atoms with Crippen LogP contribution >= 0.6 is 0 Å². The summed E-state index contributed by atoms with van der Waals surface area (Å²) in [6.45, 7) is 15.2. The van der Waals surface area contributed by atoms with E-state index < -0.39 is 5.60 Å². The molecule has 1 amide bonds. The number of nitrogens with two attached hydrogens (primary N) is 1.